The number of fused-ring (bicyclic) bond motifs is 1. The summed E-state index contributed by atoms with van der Waals surface area (Å²) in [7, 11) is 3.85. The van der Waals surface area contributed by atoms with E-state index in [1.807, 2.05) is 11.1 Å². The molecule has 10 nitrogen and oxygen atoms in total. The van der Waals surface area contributed by atoms with Crippen molar-refractivity contribution in [3.63, 3.8) is 0 Å². The highest BCUT2D eigenvalue weighted by molar-refractivity contribution is 5.99. The molecule has 0 aromatic carbocycles. The molecule has 4 rings (SSSR count). The average molecular weight is 502 g/mol. The molecule has 2 aliphatic rings. The van der Waals surface area contributed by atoms with E-state index < -0.39 is 12.1 Å². The van der Waals surface area contributed by atoms with E-state index in [0.717, 1.165) is 52.1 Å². The van der Waals surface area contributed by atoms with Gasteiger partial charge in [-0.25, -0.2) is 14.3 Å². The van der Waals surface area contributed by atoms with Gasteiger partial charge in [0.05, 0.1) is 25.0 Å². The monoisotopic (exact) mass is 501 g/mol. The molecule has 2 aliphatic heterocycles. The molecule has 1 amide bonds. The minimum Gasteiger partial charge on any atom is -0.475 e. The molecular formula is C22H30F3N5O5. The summed E-state index contributed by atoms with van der Waals surface area (Å²) < 4.78 is 44.8. The molecule has 0 saturated carbocycles. The van der Waals surface area contributed by atoms with Gasteiger partial charge in [-0.2, -0.15) is 18.3 Å². The molecule has 194 valence electrons. The van der Waals surface area contributed by atoms with Crippen molar-refractivity contribution in [2.24, 2.45) is 5.92 Å². The first kappa shape index (κ1) is 26.8. The Hall–Kier alpha value is -2.77. The summed E-state index contributed by atoms with van der Waals surface area (Å²) in [5, 5.41) is 11.4. The van der Waals surface area contributed by atoms with Crippen LogP contribution in [-0.4, -0.2) is 107 Å². The number of carbonyl (C=O) groups is 2. The molecule has 2 unspecified atom stereocenters. The summed E-state index contributed by atoms with van der Waals surface area (Å²) in [4.78, 5) is 30.6. The summed E-state index contributed by atoms with van der Waals surface area (Å²) in [6.07, 6.45) is 3.01. The van der Waals surface area contributed by atoms with Crippen molar-refractivity contribution >= 4 is 17.5 Å². The SMILES string of the molecule is COCCN(C)CC1COC2(CCCN(C(=O)c3cnn4cccnc34)C2)C1.O=C(O)C(F)(F)F. The number of ether oxygens (including phenoxy) is 2. The van der Waals surface area contributed by atoms with Crippen LogP contribution in [0.4, 0.5) is 13.2 Å². The summed E-state index contributed by atoms with van der Waals surface area (Å²) in [5.74, 6) is -2.26. The predicted octanol–water partition coefficient (Wildman–Crippen LogP) is 1.95. The van der Waals surface area contributed by atoms with E-state index in [2.05, 4.69) is 22.0 Å². The van der Waals surface area contributed by atoms with Crippen molar-refractivity contribution in [2.45, 2.75) is 31.0 Å². The molecule has 13 heteroatoms. The van der Waals surface area contributed by atoms with Crippen molar-refractivity contribution in [1.29, 1.82) is 0 Å². The standard InChI is InChI=1S/C20H29N5O3.C2HF3O2/c1-23(9-10-27-2)13-16-11-20(28-14-16)5-3-7-24(15-20)19(26)17-12-22-25-8-4-6-21-18(17)25;3-2(4,5)1(6)7/h4,6,8,12,16H,3,5,7,9-11,13-15H2,1-2H3;(H,6,7). The number of hydrogen-bond acceptors (Lipinski definition) is 7. The Kier molecular flexibility index (Phi) is 8.67. The predicted molar refractivity (Wildman–Crippen MR) is 118 cm³/mol. The minimum atomic E-state index is -5.08. The Morgan fingerprint density at radius 2 is 2.14 bits per heavy atom. The molecular weight excluding hydrogens is 471 g/mol. The zero-order valence-electron chi connectivity index (χ0n) is 19.7. The summed E-state index contributed by atoms with van der Waals surface area (Å²) in [6.45, 7) is 4.83. The quantitative estimate of drug-likeness (QED) is 0.640. The third kappa shape index (κ3) is 6.89. The number of aromatic nitrogens is 3. The van der Waals surface area contributed by atoms with E-state index in [-0.39, 0.29) is 11.5 Å². The van der Waals surface area contributed by atoms with Crippen molar-refractivity contribution in [2.75, 3.05) is 53.6 Å². The lowest BCUT2D eigenvalue weighted by Crippen LogP contribution is -2.50. The number of rotatable bonds is 6. The van der Waals surface area contributed by atoms with Gasteiger partial charge in [0.1, 0.15) is 5.56 Å². The average Bonchev–Trinajstić information content (AvgIpc) is 3.41. The van der Waals surface area contributed by atoms with Gasteiger partial charge in [0.25, 0.3) is 5.91 Å². The smallest absolute Gasteiger partial charge is 0.475 e. The number of piperidine rings is 1. The van der Waals surface area contributed by atoms with Crippen LogP contribution in [0.25, 0.3) is 5.65 Å². The van der Waals surface area contributed by atoms with Crippen LogP contribution in [0, 0.1) is 5.92 Å². The number of aliphatic carboxylic acids is 1. The Morgan fingerprint density at radius 3 is 2.83 bits per heavy atom. The number of hydrogen-bond donors (Lipinski definition) is 1. The maximum absolute atomic E-state index is 13.1. The number of likely N-dealkylation sites (N-methyl/N-ethyl adjacent to an activating group) is 1. The van der Waals surface area contributed by atoms with E-state index in [1.54, 1.807) is 30.1 Å². The van der Waals surface area contributed by atoms with Crippen LogP contribution in [0.3, 0.4) is 0 Å². The summed E-state index contributed by atoms with van der Waals surface area (Å²) in [6, 6.07) is 1.81. The molecule has 2 saturated heterocycles. The number of carboxylic acid groups (broad SMARTS) is 1. The third-order valence-electron chi connectivity index (χ3n) is 6.11. The molecule has 1 spiro atoms. The first-order valence-electron chi connectivity index (χ1n) is 11.2. The highest BCUT2D eigenvalue weighted by Gasteiger charge is 2.45. The van der Waals surface area contributed by atoms with Crippen LogP contribution in [0.2, 0.25) is 0 Å². The second-order valence-electron chi connectivity index (χ2n) is 8.90. The molecule has 0 bridgehead atoms. The zero-order valence-corrected chi connectivity index (χ0v) is 19.7. The molecule has 1 N–H and O–H groups in total. The minimum absolute atomic E-state index is 0.00274. The lowest BCUT2D eigenvalue weighted by molar-refractivity contribution is -0.192. The van der Waals surface area contributed by atoms with Gasteiger partial charge in [-0.1, -0.05) is 0 Å². The number of halogens is 3. The number of nitrogens with zero attached hydrogens (tertiary/aromatic N) is 5. The topological polar surface area (TPSA) is 110 Å². The zero-order chi connectivity index (χ0) is 25.6. The van der Waals surface area contributed by atoms with Gasteiger partial charge < -0.3 is 24.4 Å². The first-order valence-corrected chi connectivity index (χ1v) is 11.2. The van der Waals surface area contributed by atoms with E-state index in [0.29, 0.717) is 23.7 Å². The molecule has 35 heavy (non-hydrogen) atoms. The fourth-order valence-electron chi connectivity index (χ4n) is 4.54. The molecule has 0 aliphatic carbocycles. The van der Waals surface area contributed by atoms with E-state index in [4.69, 9.17) is 19.4 Å². The van der Waals surface area contributed by atoms with Crippen molar-refractivity contribution < 1.29 is 37.3 Å². The Labute approximate surface area is 200 Å². The highest BCUT2D eigenvalue weighted by atomic mass is 19.4. The maximum Gasteiger partial charge on any atom is 0.490 e. The number of amides is 1. The van der Waals surface area contributed by atoms with Gasteiger partial charge in [0.15, 0.2) is 5.65 Å². The molecule has 4 heterocycles. The van der Waals surface area contributed by atoms with Crippen LogP contribution in [0.15, 0.2) is 24.7 Å². The Bertz CT molecular complexity index is 1020. The first-order chi connectivity index (χ1) is 16.5. The Morgan fingerprint density at radius 1 is 1.40 bits per heavy atom. The van der Waals surface area contributed by atoms with Crippen molar-refractivity contribution in [3.8, 4) is 0 Å². The number of alkyl halides is 3. The van der Waals surface area contributed by atoms with Gasteiger partial charge in [-0.3, -0.25) is 4.79 Å². The Balaban J connectivity index is 0.000000429. The third-order valence-corrected chi connectivity index (χ3v) is 6.11. The van der Waals surface area contributed by atoms with Crippen molar-refractivity contribution in [3.05, 3.63) is 30.2 Å². The number of likely N-dealkylation sites (tertiary alicyclic amines) is 1. The second kappa shape index (κ2) is 11.3. The molecule has 2 atom stereocenters. The van der Waals surface area contributed by atoms with E-state index in [1.165, 1.54) is 0 Å². The molecule has 2 aromatic rings. The fourth-order valence-corrected chi connectivity index (χ4v) is 4.54. The largest absolute Gasteiger partial charge is 0.490 e. The van der Waals surface area contributed by atoms with Gasteiger partial charge in [0, 0.05) is 45.7 Å². The van der Waals surface area contributed by atoms with E-state index in [9.17, 15) is 18.0 Å². The molecule has 2 aromatic heterocycles. The lowest BCUT2D eigenvalue weighted by Gasteiger charge is -2.39. The van der Waals surface area contributed by atoms with Crippen LogP contribution < -0.4 is 0 Å². The van der Waals surface area contributed by atoms with Crippen LogP contribution >= 0.6 is 0 Å². The van der Waals surface area contributed by atoms with E-state index >= 15 is 0 Å². The normalized spacial score (nSPS) is 22.5. The highest BCUT2D eigenvalue weighted by Crippen LogP contribution is 2.38. The van der Waals surface area contributed by atoms with Gasteiger partial charge in [0.2, 0.25) is 0 Å². The van der Waals surface area contributed by atoms with Crippen LogP contribution in [-0.2, 0) is 14.3 Å². The van der Waals surface area contributed by atoms with Gasteiger partial charge in [-0.15, -0.1) is 0 Å². The van der Waals surface area contributed by atoms with Crippen LogP contribution in [0.5, 0.6) is 0 Å². The second-order valence-corrected chi connectivity index (χ2v) is 8.90. The maximum atomic E-state index is 13.1. The summed E-state index contributed by atoms with van der Waals surface area (Å²) >= 11 is 0. The lowest BCUT2D eigenvalue weighted by atomic mass is 9.86. The number of carbonyl (C=O) groups excluding carboxylic acids is 1. The summed E-state index contributed by atoms with van der Waals surface area (Å²) in [5.41, 5.74) is 0.959. The molecule has 2 fully saturated rings. The number of methoxy groups -OCH3 is 1. The number of carboxylic acids is 1. The van der Waals surface area contributed by atoms with Gasteiger partial charge in [-0.05, 0) is 38.3 Å². The van der Waals surface area contributed by atoms with Crippen LogP contribution in [0.1, 0.15) is 29.6 Å². The van der Waals surface area contributed by atoms with Crippen molar-refractivity contribution in [1.82, 2.24) is 24.4 Å². The molecule has 0 radical (unpaired) electrons. The van der Waals surface area contributed by atoms with Gasteiger partial charge >= 0.3 is 12.1 Å². The fraction of sp³-hybridized carbons (Fsp3) is 0.636.